The van der Waals surface area contributed by atoms with E-state index in [1.165, 1.54) is 42.6 Å². The van der Waals surface area contributed by atoms with Gasteiger partial charge < -0.3 is 9.47 Å². The summed E-state index contributed by atoms with van der Waals surface area (Å²) in [5.74, 6) is 0.284. The van der Waals surface area contributed by atoms with Gasteiger partial charge in [0.2, 0.25) is 5.88 Å². The Bertz CT molecular complexity index is 1430. The number of hydrogen-bond donors (Lipinski definition) is 1. The molecule has 10 heteroatoms. The Morgan fingerprint density at radius 3 is 2.58 bits per heavy atom. The molecule has 2 atom stereocenters. The van der Waals surface area contributed by atoms with Gasteiger partial charge in [0.15, 0.2) is 5.03 Å². The molecule has 0 bridgehead atoms. The highest BCUT2D eigenvalue weighted by atomic mass is 32.2. The molecule has 0 aliphatic heterocycles. The van der Waals surface area contributed by atoms with Crippen LogP contribution in [0.2, 0.25) is 0 Å². The maximum Gasteiger partial charge on any atom is 0.281 e. The van der Waals surface area contributed by atoms with E-state index in [0.717, 1.165) is 25.7 Å². The third-order valence-corrected chi connectivity index (χ3v) is 7.99. The van der Waals surface area contributed by atoms with Crippen LogP contribution >= 0.6 is 0 Å². The summed E-state index contributed by atoms with van der Waals surface area (Å²) in [5.41, 5.74) is 0.803. The van der Waals surface area contributed by atoms with E-state index in [0.29, 0.717) is 35.4 Å². The van der Waals surface area contributed by atoms with Crippen LogP contribution in [0.3, 0.4) is 0 Å². The first-order chi connectivity index (χ1) is 18.2. The number of rotatable bonds is 10. The van der Waals surface area contributed by atoms with Crippen molar-refractivity contribution >= 4 is 15.9 Å². The predicted molar refractivity (Wildman–Crippen MR) is 139 cm³/mol. The zero-order valence-corrected chi connectivity index (χ0v) is 22.1. The van der Waals surface area contributed by atoms with Gasteiger partial charge in [0.25, 0.3) is 15.9 Å². The average molecular weight is 540 g/mol. The minimum absolute atomic E-state index is 0.0143. The Labute approximate surface area is 221 Å². The van der Waals surface area contributed by atoms with Crippen LogP contribution in [0, 0.1) is 23.6 Å². The van der Waals surface area contributed by atoms with Crippen LogP contribution in [0.5, 0.6) is 11.6 Å². The maximum atomic E-state index is 14.4. The number of aromatic nitrogens is 2. The molecule has 2 aliphatic rings. The fourth-order valence-electron chi connectivity index (χ4n) is 4.50. The molecule has 2 saturated carbocycles. The van der Waals surface area contributed by atoms with Crippen molar-refractivity contribution in [3.05, 3.63) is 66.1 Å². The number of ether oxygens (including phenoxy) is 2. The van der Waals surface area contributed by atoms with Crippen LogP contribution < -0.4 is 14.2 Å². The second-order valence-electron chi connectivity index (χ2n) is 10.3. The van der Waals surface area contributed by atoms with Crippen molar-refractivity contribution in [3.8, 4) is 22.9 Å². The Morgan fingerprint density at radius 2 is 1.92 bits per heavy atom. The monoisotopic (exact) mass is 539 g/mol. The smallest absolute Gasteiger partial charge is 0.281 e. The Hall–Kier alpha value is -3.53. The van der Waals surface area contributed by atoms with Crippen LogP contribution in [-0.2, 0) is 10.0 Å². The van der Waals surface area contributed by atoms with E-state index in [4.69, 9.17) is 9.47 Å². The van der Waals surface area contributed by atoms with Crippen molar-refractivity contribution < 1.29 is 27.1 Å². The van der Waals surface area contributed by atoms with Gasteiger partial charge in [-0.05, 0) is 79.8 Å². The van der Waals surface area contributed by atoms with Crippen LogP contribution in [0.1, 0.15) is 49.9 Å². The number of nitrogens with zero attached hydrogens (tertiary/aromatic N) is 2. The minimum atomic E-state index is -4.21. The fraction of sp³-hybridized carbons (Fsp3) is 0.393. The van der Waals surface area contributed by atoms with Gasteiger partial charge in [-0.25, -0.2) is 19.1 Å². The molecule has 2 fully saturated rings. The lowest BCUT2D eigenvalue weighted by molar-refractivity contribution is 0.0291. The van der Waals surface area contributed by atoms with Crippen molar-refractivity contribution in [2.75, 3.05) is 6.61 Å². The number of carbonyl (C=O) groups excluding carboxylic acids is 1. The molecule has 200 valence electrons. The second kappa shape index (κ2) is 10.7. The van der Waals surface area contributed by atoms with Gasteiger partial charge in [0.05, 0.1) is 12.3 Å². The lowest BCUT2D eigenvalue weighted by Gasteiger charge is -2.36. The SMILES string of the molecule is CC(C)COc1cc(F)cc(-c2ccc(C(=O)NS(=O)(=O)c3ccccn3)c(OC3CCC3C3CC3)n2)c1. The van der Waals surface area contributed by atoms with E-state index in [1.807, 2.05) is 13.8 Å². The first-order valence-corrected chi connectivity index (χ1v) is 14.3. The summed E-state index contributed by atoms with van der Waals surface area (Å²) >= 11 is 0. The van der Waals surface area contributed by atoms with Crippen molar-refractivity contribution in [3.63, 3.8) is 0 Å². The topological polar surface area (TPSA) is 107 Å². The van der Waals surface area contributed by atoms with Gasteiger partial charge in [-0.3, -0.25) is 4.79 Å². The predicted octanol–water partition coefficient (Wildman–Crippen LogP) is 5.00. The molecule has 2 unspecified atom stereocenters. The molecule has 1 N–H and O–H groups in total. The van der Waals surface area contributed by atoms with Gasteiger partial charge in [0.1, 0.15) is 23.2 Å². The fourth-order valence-corrected chi connectivity index (χ4v) is 5.42. The molecule has 0 saturated heterocycles. The standard InChI is InChI=1S/C28H30FN3O5S/c1-17(2)16-36-21-14-19(13-20(29)15-21)24-10-8-23(27(33)32-38(34,35)26-5-3-4-12-30-26)28(31-24)37-25-11-9-22(25)18-6-7-18/h3-5,8,10,12-15,17-18,22,25H,6-7,9,11,16H2,1-2H3,(H,32,33). The molecular weight excluding hydrogens is 509 g/mol. The minimum Gasteiger partial charge on any atom is -0.493 e. The third kappa shape index (κ3) is 5.96. The van der Waals surface area contributed by atoms with Gasteiger partial charge in [-0.15, -0.1) is 0 Å². The first kappa shape index (κ1) is 26.1. The lowest BCUT2D eigenvalue weighted by atomic mass is 9.78. The molecule has 8 nitrogen and oxygen atoms in total. The van der Waals surface area contributed by atoms with E-state index in [2.05, 4.69) is 14.7 Å². The first-order valence-electron chi connectivity index (χ1n) is 12.8. The number of hydrogen-bond acceptors (Lipinski definition) is 7. The summed E-state index contributed by atoms with van der Waals surface area (Å²) < 4.78 is 53.9. The van der Waals surface area contributed by atoms with E-state index in [9.17, 15) is 17.6 Å². The maximum absolute atomic E-state index is 14.4. The Morgan fingerprint density at radius 1 is 1.11 bits per heavy atom. The summed E-state index contributed by atoms with van der Waals surface area (Å²) in [6.45, 7) is 4.43. The third-order valence-electron chi connectivity index (χ3n) is 6.75. The van der Waals surface area contributed by atoms with Crippen molar-refractivity contribution in [1.29, 1.82) is 0 Å². The number of nitrogens with one attached hydrogen (secondary N) is 1. The van der Waals surface area contributed by atoms with E-state index >= 15 is 0 Å². The zero-order valence-electron chi connectivity index (χ0n) is 21.3. The summed E-state index contributed by atoms with van der Waals surface area (Å²) in [6.07, 6.45) is 5.42. The molecule has 3 aromatic rings. The summed E-state index contributed by atoms with van der Waals surface area (Å²) in [4.78, 5) is 21.5. The van der Waals surface area contributed by atoms with Gasteiger partial charge >= 0.3 is 0 Å². The quantitative estimate of drug-likeness (QED) is 0.386. The highest BCUT2D eigenvalue weighted by molar-refractivity contribution is 7.90. The molecule has 38 heavy (non-hydrogen) atoms. The van der Waals surface area contributed by atoms with E-state index < -0.39 is 21.7 Å². The summed E-state index contributed by atoms with van der Waals surface area (Å²) in [7, 11) is -4.21. The summed E-state index contributed by atoms with van der Waals surface area (Å²) in [5, 5.41) is -0.276. The van der Waals surface area contributed by atoms with Gasteiger partial charge in [0, 0.05) is 17.8 Å². The second-order valence-corrected chi connectivity index (χ2v) is 11.9. The largest absolute Gasteiger partial charge is 0.493 e. The number of sulfonamides is 1. The van der Waals surface area contributed by atoms with Crippen LogP contribution in [-0.4, -0.2) is 37.0 Å². The number of halogens is 1. The zero-order chi connectivity index (χ0) is 26.9. The molecule has 5 rings (SSSR count). The molecular formula is C28H30FN3O5S. The van der Waals surface area contributed by atoms with E-state index in [1.54, 1.807) is 12.1 Å². The lowest BCUT2D eigenvalue weighted by Crippen LogP contribution is -2.39. The molecule has 1 amide bonds. The highest BCUT2D eigenvalue weighted by Crippen LogP contribution is 2.48. The highest BCUT2D eigenvalue weighted by Gasteiger charge is 2.44. The number of carbonyl (C=O) groups is 1. The molecule has 0 radical (unpaired) electrons. The number of benzene rings is 1. The molecule has 0 spiro atoms. The van der Waals surface area contributed by atoms with Crippen molar-refractivity contribution in [1.82, 2.24) is 14.7 Å². The van der Waals surface area contributed by atoms with Crippen LogP contribution in [0.15, 0.2) is 59.8 Å². The molecule has 2 aliphatic carbocycles. The Balaban J connectivity index is 1.46. The Kier molecular flexibility index (Phi) is 7.34. The molecule has 2 aromatic heterocycles. The molecule has 2 heterocycles. The normalized spacial score (nSPS) is 19.1. The van der Waals surface area contributed by atoms with Gasteiger partial charge in [-0.1, -0.05) is 19.9 Å². The van der Waals surface area contributed by atoms with E-state index in [-0.39, 0.29) is 28.5 Å². The van der Waals surface area contributed by atoms with Crippen LogP contribution in [0.25, 0.3) is 11.3 Å². The van der Waals surface area contributed by atoms with Gasteiger partial charge in [-0.2, -0.15) is 8.42 Å². The number of amides is 1. The van der Waals surface area contributed by atoms with Crippen LogP contribution in [0.4, 0.5) is 4.39 Å². The van der Waals surface area contributed by atoms with Crippen molar-refractivity contribution in [2.24, 2.45) is 17.8 Å². The summed E-state index contributed by atoms with van der Waals surface area (Å²) in [6, 6.07) is 11.7. The number of pyridine rings is 2. The van der Waals surface area contributed by atoms with Crippen molar-refractivity contribution in [2.45, 2.75) is 50.7 Å². The average Bonchev–Trinajstić information content (AvgIpc) is 3.70. The molecule has 1 aromatic carbocycles.